The number of benzene rings is 1. The molecule has 1 spiro atoms. The number of nitrogens with zero attached hydrogens (tertiary/aromatic N) is 1. The highest BCUT2D eigenvalue weighted by Crippen LogP contribution is 2.56. The van der Waals surface area contributed by atoms with Crippen molar-refractivity contribution in [2.24, 2.45) is 5.92 Å². The van der Waals surface area contributed by atoms with Gasteiger partial charge in [0.1, 0.15) is 11.3 Å². The minimum absolute atomic E-state index is 0.232. The Kier molecular flexibility index (Phi) is 3.15. The molecule has 0 bridgehead atoms. The summed E-state index contributed by atoms with van der Waals surface area (Å²) in [6.45, 7) is 7.64. The molecule has 3 heterocycles. The highest BCUT2D eigenvalue weighted by Gasteiger charge is 2.53. The second-order valence-electron chi connectivity index (χ2n) is 7.43. The molecular formula is C22H23NO2. The van der Waals surface area contributed by atoms with Gasteiger partial charge in [-0.3, -0.25) is 0 Å². The summed E-state index contributed by atoms with van der Waals surface area (Å²) < 4.78 is 12.1. The first-order chi connectivity index (χ1) is 12.2. The van der Waals surface area contributed by atoms with E-state index < -0.39 is 0 Å². The summed E-state index contributed by atoms with van der Waals surface area (Å²) in [5, 5.41) is 0. The van der Waals surface area contributed by atoms with Crippen LogP contribution >= 0.6 is 0 Å². The van der Waals surface area contributed by atoms with Crippen molar-refractivity contribution in [3.8, 4) is 0 Å². The summed E-state index contributed by atoms with van der Waals surface area (Å²) in [7, 11) is 0. The standard InChI is InChI=1S/C22H23NO2/c1-3-16-9-11-22(15(2)13-16)21-18(20-19(25-21)10-12-24-20)14-23(22)17-7-5-4-6-8-17/h4-8,10,12,16H,2-3,9,11,13-14H2,1H3. The Hall–Kier alpha value is -2.42. The van der Waals surface area contributed by atoms with Crippen LogP contribution in [0.4, 0.5) is 5.69 Å². The second kappa shape index (κ2) is 5.29. The van der Waals surface area contributed by atoms with Crippen LogP contribution in [0.5, 0.6) is 0 Å². The van der Waals surface area contributed by atoms with Gasteiger partial charge in [-0.25, -0.2) is 0 Å². The molecule has 5 rings (SSSR count). The van der Waals surface area contributed by atoms with E-state index in [1.165, 1.54) is 29.7 Å². The Morgan fingerprint density at radius 1 is 1.24 bits per heavy atom. The van der Waals surface area contributed by atoms with Crippen molar-refractivity contribution in [1.82, 2.24) is 0 Å². The number of anilines is 1. The van der Waals surface area contributed by atoms with E-state index >= 15 is 0 Å². The van der Waals surface area contributed by atoms with Crippen LogP contribution in [0.25, 0.3) is 11.2 Å². The van der Waals surface area contributed by atoms with Gasteiger partial charge >= 0.3 is 0 Å². The van der Waals surface area contributed by atoms with Crippen LogP contribution in [0.3, 0.4) is 0 Å². The van der Waals surface area contributed by atoms with Gasteiger partial charge in [0.05, 0.1) is 18.4 Å². The second-order valence-corrected chi connectivity index (χ2v) is 7.43. The fourth-order valence-corrected chi connectivity index (χ4v) is 4.84. The van der Waals surface area contributed by atoms with Gasteiger partial charge in [0.25, 0.3) is 0 Å². The number of para-hydroxylation sites is 1. The summed E-state index contributed by atoms with van der Waals surface area (Å²) in [6, 6.07) is 12.6. The molecule has 1 aliphatic carbocycles. The van der Waals surface area contributed by atoms with E-state index in [0.29, 0.717) is 0 Å². The highest BCUT2D eigenvalue weighted by molar-refractivity contribution is 5.80. The monoisotopic (exact) mass is 333 g/mol. The van der Waals surface area contributed by atoms with Crippen LogP contribution in [0.15, 0.2) is 63.6 Å². The van der Waals surface area contributed by atoms with Gasteiger partial charge in [-0.05, 0) is 42.9 Å². The molecule has 1 aliphatic heterocycles. The summed E-state index contributed by atoms with van der Waals surface area (Å²) in [5.41, 5.74) is 5.24. The number of furan rings is 2. The van der Waals surface area contributed by atoms with Crippen molar-refractivity contribution >= 4 is 16.9 Å². The van der Waals surface area contributed by atoms with Crippen LogP contribution in [0.1, 0.15) is 43.9 Å². The molecule has 1 saturated carbocycles. The van der Waals surface area contributed by atoms with Crippen molar-refractivity contribution in [2.45, 2.75) is 44.7 Å². The van der Waals surface area contributed by atoms with E-state index in [9.17, 15) is 0 Å². The SMILES string of the molecule is C=C1CC(CC)CCC12c1oc3ccoc3c1CN2c1ccccc1. The molecule has 2 aromatic heterocycles. The quantitative estimate of drug-likeness (QED) is 0.538. The van der Waals surface area contributed by atoms with Gasteiger partial charge in [-0.2, -0.15) is 0 Å². The number of rotatable bonds is 2. The first kappa shape index (κ1) is 14.9. The van der Waals surface area contributed by atoms with Crippen LogP contribution in [-0.4, -0.2) is 0 Å². The Bertz CT molecular complexity index is 936. The van der Waals surface area contributed by atoms with Crippen molar-refractivity contribution in [3.63, 3.8) is 0 Å². The Morgan fingerprint density at radius 3 is 2.84 bits per heavy atom. The van der Waals surface area contributed by atoms with Crippen LogP contribution in [-0.2, 0) is 12.1 Å². The summed E-state index contributed by atoms with van der Waals surface area (Å²) in [4.78, 5) is 2.48. The third-order valence-electron chi connectivity index (χ3n) is 6.22. The van der Waals surface area contributed by atoms with E-state index in [2.05, 4.69) is 48.7 Å². The summed E-state index contributed by atoms with van der Waals surface area (Å²) in [6.07, 6.45) is 6.27. The van der Waals surface area contributed by atoms with Crippen LogP contribution < -0.4 is 4.90 Å². The topological polar surface area (TPSA) is 29.5 Å². The molecule has 25 heavy (non-hydrogen) atoms. The van der Waals surface area contributed by atoms with Crippen LogP contribution in [0.2, 0.25) is 0 Å². The molecule has 1 fully saturated rings. The molecule has 0 saturated heterocycles. The molecule has 2 aliphatic rings. The lowest BCUT2D eigenvalue weighted by molar-refractivity contribution is 0.273. The normalized spacial score (nSPS) is 25.9. The van der Waals surface area contributed by atoms with Crippen LogP contribution in [0, 0.1) is 5.92 Å². The molecule has 3 aromatic rings. The summed E-state index contributed by atoms with van der Waals surface area (Å²) in [5.74, 6) is 1.79. The van der Waals surface area contributed by atoms with E-state index in [0.717, 1.165) is 42.2 Å². The smallest absolute Gasteiger partial charge is 0.177 e. The van der Waals surface area contributed by atoms with Crippen molar-refractivity contribution in [3.05, 3.63) is 66.1 Å². The van der Waals surface area contributed by atoms with Crippen molar-refractivity contribution in [2.75, 3.05) is 4.90 Å². The third kappa shape index (κ3) is 1.92. The average Bonchev–Trinajstić information content (AvgIpc) is 3.30. The molecule has 0 N–H and O–H groups in total. The molecular weight excluding hydrogens is 310 g/mol. The Balaban J connectivity index is 1.69. The van der Waals surface area contributed by atoms with E-state index in [1.807, 2.05) is 6.07 Å². The zero-order chi connectivity index (χ0) is 17.0. The predicted octanol–water partition coefficient (Wildman–Crippen LogP) is 6.01. The fourth-order valence-electron chi connectivity index (χ4n) is 4.84. The molecule has 2 unspecified atom stereocenters. The third-order valence-corrected chi connectivity index (χ3v) is 6.22. The zero-order valence-electron chi connectivity index (χ0n) is 14.6. The summed E-state index contributed by atoms with van der Waals surface area (Å²) >= 11 is 0. The van der Waals surface area contributed by atoms with E-state index in [1.54, 1.807) is 6.26 Å². The molecule has 1 aromatic carbocycles. The Morgan fingerprint density at radius 2 is 2.08 bits per heavy atom. The molecule has 3 heteroatoms. The lowest BCUT2D eigenvalue weighted by Crippen LogP contribution is -2.45. The molecule has 128 valence electrons. The largest absolute Gasteiger partial charge is 0.460 e. The molecule has 2 atom stereocenters. The van der Waals surface area contributed by atoms with Crippen molar-refractivity contribution in [1.29, 1.82) is 0 Å². The van der Waals surface area contributed by atoms with E-state index in [4.69, 9.17) is 8.83 Å². The van der Waals surface area contributed by atoms with Crippen molar-refractivity contribution < 1.29 is 8.83 Å². The Labute approximate surface area is 147 Å². The number of hydrogen-bond donors (Lipinski definition) is 0. The first-order valence-electron chi connectivity index (χ1n) is 9.24. The van der Waals surface area contributed by atoms with Gasteiger partial charge in [0.15, 0.2) is 11.2 Å². The van der Waals surface area contributed by atoms with Gasteiger partial charge in [-0.15, -0.1) is 0 Å². The van der Waals surface area contributed by atoms with Gasteiger partial charge in [-0.1, -0.05) is 38.1 Å². The van der Waals surface area contributed by atoms with Gasteiger partial charge < -0.3 is 13.7 Å². The minimum atomic E-state index is -0.232. The lowest BCUT2D eigenvalue weighted by Gasteiger charge is -2.45. The molecule has 3 nitrogen and oxygen atoms in total. The van der Waals surface area contributed by atoms with E-state index in [-0.39, 0.29) is 5.54 Å². The maximum Gasteiger partial charge on any atom is 0.177 e. The van der Waals surface area contributed by atoms with Gasteiger partial charge in [0, 0.05) is 11.8 Å². The molecule has 0 radical (unpaired) electrons. The number of fused-ring (bicyclic) bond motifs is 4. The zero-order valence-corrected chi connectivity index (χ0v) is 14.6. The maximum atomic E-state index is 6.34. The maximum absolute atomic E-state index is 6.34. The highest BCUT2D eigenvalue weighted by atomic mass is 16.4. The van der Waals surface area contributed by atoms with Gasteiger partial charge in [0.2, 0.25) is 0 Å². The predicted molar refractivity (Wildman–Crippen MR) is 99.6 cm³/mol. The fraction of sp³-hybridized carbons (Fsp3) is 0.364. The molecule has 0 amide bonds. The number of hydrogen-bond acceptors (Lipinski definition) is 3. The first-order valence-corrected chi connectivity index (χ1v) is 9.24. The minimum Gasteiger partial charge on any atom is -0.460 e. The average molecular weight is 333 g/mol. The lowest BCUT2D eigenvalue weighted by atomic mass is 9.71.